The van der Waals surface area contributed by atoms with Crippen LogP contribution in [0.1, 0.15) is 16.7 Å². The third-order valence-electron chi connectivity index (χ3n) is 2.78. The maximum atomic E-state index is 5.79. The van der Waals surface area contributed by atoms with Gasteiger partial charge in [-0.1, -0.05) is 42.2 Å². The minimum atomic E-state index is 0.387. The average Bonchev–Trinajstić information content (AvgIpc) is 2.45. The van der Waals surface area contributed by atoms with Crippen molar-refractivity contribution < 1.29 is 4.74 Å². The number of para-hydroxylation sites is 1. The molecule has 2 rings (SSSR count). The number of rotatable bonds is 3. The Bertz CT molecular complexity index is 591. The molecule has 2 aromatic rings. The molecule has 0 aliphatic heterocycles. The van der Waals surface area contributed by atoms with E-state index >= 15 is 0 Å². The molecule has 0 aromatic heterocycles. The largest absolute Gasteiger partial charge is 0.489 e. The van der Waals surface area contributed by atoms with Crippen molar-refractivity contribution in [2.24, 2.45) is 5.73 Å². The molecule has 0 aliphatic carbocycles. The zero-order chi connectivity index (χ0) is 13.5. The first-order valence-corrected chi connectivity index (χ1v) is 6.26. The van der Waals surface area contributed by atoms with Gasteiger partial charge in [0.1, 0.15) is 12.4 Å². The molecule has 19 heavy (non-hydrogen) atoms. The molecule has 2 aromatic carbocycles. The number of aryl methyl sites for hydroxylation is 1. The molecule has 0 amide bonds. The van der Waals surface area contributed by atoms with E-state index in [4.69, 9.17) is 10.5 Å². The van der Waals surface area contributed by atoms with Gasteiger partial charge < -0.3 is 10.5 Å². The molecule has 2 nitrogen and oxygen atoms in total. The molecule has 0 unspecified atom stereocenters. The first-order chi connectivity index (χ1) is 9.29. The van der Waals surface area contributed by atoms with Gasteiger partial charge in [0.05, 0.1) is 6.54 Å². The summed E-state index contributed by atoms with van der Waals surface area (Å²) in [6.07, 6.45) is 0. The lowest BCUT2D eigenvalue weighted by atomic mass is 10.1. The fourth-order valence-corrected chi connectivity index (χ4v) is 1.72. The second kappa shape index (κ2) is 6.63. The average molecular weight is 251 g/mol. The molecular formula is C17H17NO. The van der Waals surface area contributed by atoms with Crippen molar-refractivity contribution >= 4 is 0 Å². The molecule has 0 saturated carbocycles. The van der Waals surface area contributed by atoms with Crippen molar-refractivity contribution in [2.45, 2.75) is 13.5 Å². The Morgan fingerprint density at radius 2 is 1.79 bits per heavy atom. The topological polar surface area (TPSA) is 35.2 Å². The van der Waals surface area contributed by atoms with E-state index in [1.165, 1.54) is 0 Å². The number of hydrogen-bond donors (Lipinski definition) is 1. The summed E-state index contributed by atoms with van der Waals surface area (Å²) < 4.78 is 5.79. The summed E-state index contributed by atoms with van der Waals surface area (Å²) in [6, 6.07) is 16.0. The molecule has 0 bridgehead atoms. The molecule has 0 heterocycles. The molecule has 96 valence electrons. The van der Waals surface area contributed by atoms with E-state index in [1.54, 1.807) is 0 Å². The lowest BCUT2D eigenvalue weighted by Gasteiger charge is -2.08. The van der Waals surface area contributed by atoms with Gasteiger partial charge in [-0.3, -0.25) is 0 Å². The minimum Gasteiger partial charge on any atom is -0.489 e. The molecular weight excluding hydrogens is 234 g/mol. The quantitative estimate of drug-likeness (QED) is 0.851. The van der Waals surface area contributed by atoms with Crippen LogP contribution >= 0.6 is 0 Å². The van der Waals surface area contributed by atoms with Gasteiger partial charge in [-0.25, -0.2) is 0 Å². The highest BCUT2D eigenvalue weighted by atomic mass is 16.5. The third-order valence-corrected chi connectivity index (χ3v) is 2.78. The van der Waals surface area contributed by atoms with E-state index in [1.807, 2.05) is 55.5 Å². The van der Waals surface area contributed by atoms with Crippen LogP contribution in [0.2, 0.25) is 0 Å². The van der Waals surface area contributed by atoms with E-state index in [0.717, 1.165) is 22.4 Å². The normalized spacial score (nSPS) is 9.58. The molecule has 0 spiro atoms. The Kier molecular flexibility index (Phi) is 4.60. The molecule has 0 aliphatic rings. The third kappa shape index (κ3) is 3.87. The van der Waals surface area contributed by atoms with E-state index in [-0.39, 0.29) is 0 Å². The predicted molar refractivity (Wildman–Crippen MR) is 77.9 cm³/mol. The summed E-state index contributed by atoms with van der Waals surface area (Å²) in [5, 5.41) is 0. The smallest absolute Gasteiger partial charge is 0.122 e. The first kappa shape index (κ1) is 13.2. The van der Waals surface area contributed by atoms with Crippen LogP contribution in [0, 0.1) is 18.8 Å². The first-order valence-electron chi connectivity index (χ1n) is 6.26. The predicted octanol–water partition coefficient (Wildman–Crippen LogP) is 2.88. The Hall–Kier alpha value is -2.24. The highest BCUT2D eigenvalue weighted by Crippen LogP contribution is 2.17. The number of ether oxygens (including phenoxy) is 1. The van der Waals surface area contributed by atoms with Crippen molar-refractivity contribution in [3.05, 3.63) is 65.2 Å². The van der Waals surface area contributed by atoms with Gasteiger partial charge in [-0.2, -0.15) is 0 Å². The summed E-state index contributed by atoms with van der Waals surface area (Å²) in [7, 11) is 0. The maximum absolute atomic E-state index is 5.79. The van der Waals surface area contributed by atoms with Crippen molar-refractivity contribution in [1.82, 2.24) is 0 Å². The van der Waals surface area contributed by atoms with E-state index in [2.05, 4.69) is 11.8 Å². The monoisotopic (exact) mass is 251 g/mol. The van der Waals surface area contributed by atoms with Gasteiger partial charge in [0, 0.05) is 5.56 Å². The molecule has 0 atom stereocenters. The minimum absolute atomic E-state index is 0.387. The maximum Gasteiger partial charge on any atom is 0.122 e. The number of nitrogens with two attached hydrogens (primary N) is 1. The molecule has 0 radical (unpaired) electrons. The van der Waals surface area contributed by atoms with Crippen LogP contribution < -0.4 is 10.5 Å². The van der Waals surface area contributed by atoms with Gasteiger partial charge in [0.2, 0.25) is 0 Å². The Morgan fingerprint density at radius 1 is 1.05 bits per heavy atom. The molecule has 0 fully saturated rings. The zero-order valence-electron chi connectivity index (χ0n) is 11.0. The van der Waals surface area contributed by atoms with Gasteiger partial charge in [0.15, 0.2) is 0 Å². The molecule has 2 N–H and O–H groups in total. The van der Waals surface area contributed by atoms with E-state index in [0.29, 0.717) is 13.2 Å². The molecule has 2 heteroatoms. The van der Waals surface area contributed by atoms with Crippen LogP contribution in [0.5, 0.6) is 5.75 Å². The van der Waals surface area contributed by atoms with E-state index in [9.17, 15) is 0 Å². The summed E-state index contributed by atoms with van der Waals surface area (Å²) in [5.74, 6) is 6.76. The zero-order valence-corrected chi connectivity index (χ0v) is 11.0. The van der Waals surface area contributed by atoms with Gasteiger partial charge in [0.25, 0.3) is 0 Å². The Labute approximate surface area is 114 Å². The highest BCUT2D eigenvalue weighted by molar-refractivity contribution is 5.37. The van der Waals surface area contributed by atoms with Crippen LogP contribution in [-0.4, -0.2) is 6.54 Å². The second-order valence-electron chi connectivity index (χ2n) is 4.26. The van der Waals surface area contributed by atoms with Gasteiger partial charge in [-0.05, 0) is 36.2 Å². The Morgan fingerprint density at radius 3 is 2.47 bits per heavy atom. The van der Waals surface area contributed by atoms with Crippen LogP contribution in [0.25, 0.3) is 0 Å². The lowest BCUT2D eigenvalue weighted by molar-refractivity contribution is 0.304. The van der Waals surface area contributed by atoms with Crippen LogP contribution in [0.4, 0.5) is 0 Å². The lowest BCUT2D eigenvalue weighted by Crippen LogP contribution is -1.97. The fourth-order valence-electron chi connectivity index (χ4n) is 1.72. The van der Waals surface area contributed by atoms with E-state index < -0.39 is 0 Å². The summed E-state index contributed by atoms with van der Waals surface area (Å²) in [4.78, 5) is 0. The molecule has 0 saturated heterocycles. The van der Waals surface area contributed by atoms with Crippen molar-refractivity contribution in [1.29, 1.82) is 0 Å². The van der Waals surface area contributed by atoms with Crippen LogP contribution in [-0.2, 0) is 6.61 Å². The second-order valence-corrected chi connectivity index (χ2v) is 4.26. The summed E-state index contributed by atoms with van der Waals surface area (Å²) >= 11 is 0. The van der Waals surface area contributed by atoms with Crippen molar-refractivity contribution in [3.63, 3.8) is 0 Å². The van der Waals surface area contributed by atoms with Crippen molar-refractivity contribution in [2.75, 3.05) is 6.54 Å². The van der Waals surface area contributed by atoms with Crippen LogP contribution in [0.15, 0.2) is 48.5 Å². The number of benzene rings is 2. The van der Waals surface area contributed by atoms with Gasteiger partial charge in [-0.15, -0.1) is 0 Å². The fraction of sp³-hybridized carbons (Fsp3) is 0.176. The van der Waals surface area contributed by atoms with Crippen LogP contribution in [0.3, 0.4) is 0 Å². The van der Waals surface area contributed by atoms with Crippen molar-refractivity contribution in [3.8, 4) is 17.6 Å². The van der Waals surface area contributed by atoms with Gasteiger partial charge >= 0.3 is 0 Å². The SMILES string of the molecule is Cc1ccccc1OCc1ccc(C#CCN)cc1. The standard InChI is InChI=1S/C17H17NO/c1-14-5-2-3-7-17(14)19-13-16-10-8-15(9-11-16)6-4-12-18/h2-3,5,7-11H,12-13,18H2,1H3. The highest BCUT2D eigenvalue weighted by Gasteiger charge is 1.98. The summed E-state index contributed by atoms with van der Waals surface area (Å²) in [6.45, 7) is 2.99. The number of hydrogen-bond acceptors (Lipinski definition) is 2. The summed E-state index contributed by atoms with van der Waals surface area (Å²) in [5.41, 5.74) is 8.59. The Balaban J connectivity index is 1.99.